The molecule has 0 aliphatic carbocycles. The number of carbonyl (C=O) groups is 2. The quantitative estimate of drug-likeness (QED) is 0.823. The molecule has 0 radical (unpaired) electrons. The van der Waals surface area contributed by atoms with E-state index in [4.69, 9.17) is 4.74 Å². The van der Waals surface area contributed by atoms with Gasteiger partial charge in [-0.3, -0.25) is 14.6 Å². The summed E-state index contributed by atoms with van der Waals surface area (Å²) in [5, 5.41) is 5.35. The van der Waals surface area contributed by atoms with Crippen molar-refractivity contribution in [2.45, 2.75) is 6.92 Å². The second-order valence-electron chi connectivity index (χ2n) is 4.78. The number of rotatable bonds is 5. The van der Waals surface area contributed by atoms with Gasteiger partial charge in [-0.1, -0.05) is 17.9 Å². The van der Waals surface area contributed by atoms with Gasteiger partial charge < -0.3 is 15.4 Å². The van der Waals surface area contributed by atoms with Crippen LogP contribution in [0.1, 0.15) is 17.3 Å². The molecule has 0 saturated carbocycles. The predicted molar refractivity (Wildman–Crippen MR) is 90.6 cm³/mol. The van der Waals surface area contributed by atoms with Crippen LogP contribution < -0.4 is 15.4 Å². The first kappa shape index (κ1) is 17.0. The summed E-state index contributed by atoms with van der Waals surface area (Å²) in [4.78, 5) is 26.6. The van der Waals surface area contributed by atoms with Crippen LogP contribution in [0.5, 0.6) is 5.75 Å². The van der Waals surface area contributed by atoms with E-state index in [0.717, 1.165) is 0 Å². The van der Waals surface area contributed by atoms with Gasteiger partial charge in [-0.2, -0.15) is 0 Å². The molecule has 24 heavy (non-hydrogen) atoms. The third kappa shape index (κ3) is 5.81. The van der Waals surface area contributed by atoms with Crippen LogP contribution in [0.4, 0.5) is 5.69 Å². The van der Waals surface area contributed by atoms with Gasteiger partial charge in [-0.15, -0.1) is 0 Å². The van der Waals surface area contributed by atoms with Gasteiger partial charge in [0, 0.05) is 31.1 Å². The average molecular weight is 323 g/mol. The molecule has 0 aliphatic heterocycles. The van der Waals surface area contributed by atoms with E-state index in [-0.39, 0.29) is 25.0 Å². The molecule has 1 heterocycles. The zero-order valence-electron chi connectivity index (χ0n) is 13.2. The second-order valence-corrected chi connectivity index (χ2v) is 4.78. The van der Waals surface area contributed by atoms with Crippen LogP contribution in [0.3, 0.4) is 0 Å². The monoisotopic (exact) mass is 323 g/mol. The van der Waals surface area contributed by atoms with Crippen molar-refractivity contribution in [2.75, 3.05) is 18.5 Å². The Morgan fingerprint density at radius 1 is 1.21 bits per heavy atom. The Morgan fingerprint density at radius 2 is 2.08 bits per heavy atom. The molecule has 2 aromatic rings. The number of amides is 2. The van der Waals surface area contributed by atoms with Crippen molar-refractivity contribution in [3.63, 3.8) is 0 Å². The van der Waals surface area contributed by atoms with Crippen LogP contribution in [-0.4, -0.2) is 29.9 Å². The lowest BCUT2D eigenvalue weighted by molar-refractivity contribution is -0.114. The average Bonchev–Trinajstić information content (AvgIpc) is 2.58. The molecule has 2 amide bonds. The molecule has 0 aliphatic rings. The highest BCUT2D eigenvalue weighted by molar-refractivity contribution is 5.93. The summed E-state index contributed by atoms with van der Waals surface area (Å²) in [6.07, 6.45) is 3.10. The Hall–Kier alpha value is -3.33. The van der Waals surface area contributed by atoms with Gasteiger partial charge in [0.15, 0.2) is 0 Å². The molecule has 122 valence electrons. The van der Waals surface area contributed by atoms with Gasteiger partial charge in [-0.25, -0.2) is 0 Å². The van der Waals surface area contributed by atoms with E-state index in [1.807, 2.05) is 0 Å². The first-order chi connectivity index (χ1) is 11.6. The number of carbonyl (C=O) groups excluding carboxylic acids is 2. The van der Waals surface area contributed by atoms with E-state index >= 15 is 0 Å². The lowest BCUT2D eigenvalue weighted by Crippen LogP contribution is -2.23. The summed E-state index contributed by atoms with van der Waals surface area (Å²) in [7, 11) is 0. The summed E-state index contributed by atoms with van der Waals surface area (Å²) in [5.41, 5.74) is 1.15. The fourth-order valence-electron chi connectivity index (χ4n) is 1.82. The summed E-state index contributed by atoms with van der Waals surface area (Å²) in [6, 6.07) is 10.4. The number of nitrogens with one attached hydrogen (secondary N) is 2. The Labute approximate surface area is 140 Å². The Kier molecular flexibility index (Phi) is 6.35. The largest absolute Gasteiger partial charge is 0.481 e. The van der Waals surface area contributed by atoms with E-state index in [0.29, 0.717) is 17.0 Å². The van der Waals surface area contributed by atoms with Crippen molar-refractivity contribution in [3.05, 3.63) is 54.4 Å². The molecule has 0 atom stereocenters. The van der Waals surface area contributed by atoms with Crippen molar-refractivity contribution in [1.82, 2.24) is 10.3 Å². The number of aromatic nitrogens is 1. The smallest absolute Gasteiger partial charge is 0.253 e. The maximum Gasteiger partial charge on any atom is 0.253 e. The van der Waals surface area contributed by atoms with Gasteiger partial charge in [-0.05, 0) is 24.3 Å². The third-order valence-electron chi connectivity index (χ3n) is 2.85. The minimum Gasteiger partial charge on any atom is -0.481 e. The molecule has 0 unspecified atom stereocenters. The Balaban J connectivity index is 1.74. The summed E-state index contributed by atoms with van der Waals surface area (Å²) < 4.78 is 5.47. The third-order valence-corrected chi connectivity index (χ3v) is 2.85. The highest BCUT2D eigenvalue weighted by Gasteiger charge is 2.02. The SMILES string of the molecule is CC(=O)Nc1cccc(OCC#CCNC(=O)c2cccnc2)c1. The second kappa shape index (κ2) is 8.96. The molecule has 0 saturated heterocycles. The van der Waals surface area contributed by atoms with Crippen molar-refractivity contribution >= 4 is 17.5 Å². The highest BCUT2D eigenvalue weighted by atomic mass is 16.5. The number of hydrogen-bond acceptors (Lipinski definition) is 4. The maximum absolute atomic E-state index is 11.7. The van der Waals surface area contributed by atoms with Crippen LogP contribution >= 0.6 is 0 Å². The number of benzene rings is 1. The van der Waals surface area contributed by atoms with Gasteiger partial charge in [0.2, 0.25) is 5.91 Å². The van der Waals surface area contributed by atoms with E-state index in [2.05, 4.69) is 27.5 Å². The summed E-state index contributed by atoms with van der Waals surface area (Å²) in [6.45, 7) is 1.86. The molecule has 6 nitrogen and oxygen atoms in total. The normalized spacial score (nSPS) is 9.38. The first-order valence-corrected chi connectivity index (χ1v) is 7.29. The van der Waals surface area contributed by atoms with Crippen LogP contribution in [-0.2, 0) is 4.79 Å². The van der Waals surface area contributed by atoms with Crippen molar-refractivity contribution in [1.29, 1.82) is 0 Å². The highest BCUT2D eigenvalue weighted by Crippen LogP contribution is 2.16. The molecule has 1 aromatic carbocycles. The number of hydrogen-bond donors (Lipinski definition) is 2. The molecule has 1 aromatic heterocycles. The van der Waals surface area contributed by atoms with Crippen LogP contribution in [0, 0.1) is 11.8 Å². The van der Waals surface area contributed by atoms with E-state index in [1.54, 1.807) is 42.6 Å². The predicted octanol–water partition coefficient (Wildman–Crippen LogP) is 1.85. The zero-order valence-corrected chi connectivity index (χ0v) is 13.2. The van der Waals surface area contributed by atoms with Gasteiger partial charge in [0.1, 0.15) is 12.4 Å². The van der Waals surface area contributed by atoms with Gasteiger partial charge in [0.25, 0.3) is 5.91 Å². The summed E-state index contributed by atoms with van der Waals surface area (Å²) in [5.74, 6) is 5.86. The lowest BCUT2D eigenvalue weighted by atomic mass is 10.3. The Bertz CT molecular complexity index is 764. The Morgan fingerprint density at radius 3 is 2.83 bits per heavy atom. The van der Waals surface area contributed by atoms with E-state index in [1.165, 1.54) is 13.1 Å². The van der Waals surface area contributed by atoms with Crippen LogP contribution in [0.2, 0.25) is 0 Å². The van der Waals surface area contributed by atoms with Gasteiger partial charge >= 0.3 is 0 Å². The maximum atomic E-state index is 11.7. The lowest BCUT2D eigenvalue weighted by Gasteiger charge is -2.05. The van der Waals surface area contributed by atoms with Crippen molar-refractivity contribution in [2.24, 2.45) is 0 Å². The summed E-state index contributed by atoms with van der Waals surface area (Å²) >= 11 is 0. The van der Waals surface area contributed by atoms with E-state index in [9.17, 15) is 9.59 Å². The minimum atomic E-state index is -0.221. The van der Waals surface area contributed by atoms with Crippen molar-refractivity contribution in [3.8, 4) is 17.6 Å². The first-order valence-electron chi connectivity index (χ1n) is 7.29. The molecule has 2 rings (SSSR count). The molecule has 0 spiro atoms. The van der Waals surface area contributed by atoms with Crippen LogP contribution in [0.25, 0.3) is 0 Å². The van der Waals surface area contributed by atoms with E-state index < -0.39 is 0 Å². The topological polar surface area (TPSA) is 80.3 Å². The molecular formula is C18H17N3O3. The minimum absolute atomic E-state index is 0.142. The molecular weight excluding hydrogens is 306 g/mol. The number of anilines is 1. The molecule has 0 bridgehead atoms. The van der Waals surface area contributed by atoms with Gasteiger partial charge in [0.05, 0.1) is 12.1 Å². The number of ether oxygens (including phenoxy) is 1. The fraction of sp³-hybridized carbons (Fsp3) is 0.167. The standard InChI is InChI=1S/C18H17N3O3/c1-14(22)21-16-7-4-8-17(12-16)24-11-3-2-10-20-18(23)15-6-5-9-19-13-15/h4-9,12-13H,10-11H2,1H3,(H,20,23)(H,21,22). The number of pyridine rings is 1. The van der Waals surface area contributed by atoms with Crippen molar-refractivity contribution < 1.29 is 14.3 Å². The zero-order chi connectivity index (χ0) is 17.2. The molecule has 0 fully saturated rings. The fourth-order valence-corrected chi connectivity index (χ4v) is 1.82. The number of nitrogens with zero attached hydrogens (tertiary/aromatic N) is 1. The van der Waals surface area contributed by atoms with Crippen LogP contribution in [0.15, 0.2) is 48.8 Å². The molecule has 2 N–H and O–H groups in total. The molecule has 6 heteroatoms.